The molecule has 1 saturated heterocycles. The van der Waals surface area contributed by atoms with Gasteiger partial charge in [0.25, 0.3) is 0 Å². The molecule has 8 heteroatoms. The minimum atomic E-state index is 0. The molecule has 1 aromatic heterocycles. The second-order valence-electron chi connectivity index (χ2n) is 5.96. The van der Waals surface area contributed by atoms with E-state index in [-0.39, 0.29) is 24.0 Å². The normalized spacial score (nSPS) is 18.3. The number of aliphatic imine (C=N–C) groups is 1. The van der Waals surface area contributed by atoms with Gasteiger partial charge >= 0.3 is 0 Å². The second kappa shape index (κ2) is 10.1. The van der Waals surface area contributed by atoms with Crippen LogP contribution in [0.1, 0.15) is 12.6 Å². The molecule has 0 radical (unpaired) electrons. The topological polar surface area (TPSA) is 60.1 Å². The number of nitrogens with zero attached hydrogens (tertiary/aromatic N) is 5. The third-order valence-corrected chi connectivity index (χ3v) is 4.18. The molecule has 7 nitrogen and oxygen atoms in total. The van der Waals surface area contributed by atoms with Crippen LogP contribution in [0.25, 0.3) is 0 Å². The first kappa shape index (κ1) is 20.2. The minimum absolute atomic E-state index is 0. The van der Waals surface area contributed by atoms with Gasteiger partial charge in [0.2, 0.25) is 0 Å². The van der Waals surface area contributed by atoms with Crippen LogP contribution in [0, 0.1) is 0 Å². The van der Waals surface area contributed by atoms with Crippen molar-refractivity contribution in [1.29, 1.82) is 0 Å². The molecule has 2 heterocycles. The highest BCUT2D eigenvalue weighted by atomic mass is 127. The van der Waals surface area contributed by atoms with Crippen molar-refractivity contribution in [2.45, 2.75) is 19.5 Å². The Morgan fingerprint density at radius 1 is 1.43 bits per heavy atom. The van der Waals surface area contributed by atoms with Crippen molar-refractivity contribution >= 4 is 29.9 Å². The molecule has 132 valence electrons. The second-order valence-corrected chi connectivity index (χ2v) is 5.96. The van der Waals surface area contributed by atoms with E-state index >= 15 is 0 Å². The summed E-state index contributed by atoms with van der Waals surface area (Å²) in [4.78, 5) is 11.3. The Bertz CT molecular complexity index is 459. The zero-order valence-electron chi connectivity index (χ0n) is 14.5. The Balaban J connectivity index is 0.00000264. The molecule has 0 saturated carbocycles. The van der Waals surface area contributed by atoms with Crippen molar-refractivity contribution in [1.82, 2.24) is 25.2 Å². The van der Waals surface area contributed by atoms with E-state index in [1.807, 2.05) is 20.2 Å². The summed E-state index contributed by atoms with van der Waals surface area (Å²) in [7, 11) is 5.99. The van der Waals surface area contributed by atoms with Gasteiger partial charge in [0.1, 0.15) is 12.0 Å². The van der Waals surface area contributed by atoms with Crippen molar-refractivity contribution in [2.75, 3.05) is 53.9 Å². The van der Waals surface area contributed by atoms with Crippen molar-refractivity contribution in [3.63, 3.8) is 0 Å². The summed E-state index contributed by atoms with van der Waals surface area (Å²) in [5.41, 5.74) is 0.901. The first-order valence-electron chi connectivity index (χ1n) is 7.83. The molecule has 0 aromatic carbocycles. The van der Waals surface area contributed by atoms with E-state index in [0.29, 0.717) is 12.6 Å². The summed E-state index contributed by atoms with van der Waals surface area (Å²) in [6, 6.07) is 2.36. The molecule has 0 amide bonds. The summed E-state index contributed by atoms with van der Waals surface area (Å²) in [6.07, 6.45) is 1.59. The smallest absolute Gasteiger partial charge is 0.193 e. The maximum Gasteiger partial charge on any atom is 0.193 e. The zero-order valence-corrected chi connectivity index (χ0v) is 16.9. The van der Waals surface area contributed by atoms with Gasteiger partial charge in [0, 0.05) is 58.9 Å². The molecule has 0 bridgehead atoms. The van der Waals surface area contributed by atoms with E-state index in [0.717, 1.165) is 44.4 Å². The Labute approximate surface area is 156 Å². The summed E-state index contributed by atoms with van der Waals surface area (Å²) < 4.78 is 4.87. The average molecular weight is 436 g/mol. The number of piperazine rings is 1. The van der Waals surface area contributed by atoms with Crippen LogP contribution in [-0.4, -0.2) is 85.7 Å². The third-order valence-electron chi connectivity index (χ3n) is 4.18. The van der Waals surface area contributed by atoms with Crippen molar-refractivity contribution in [2.24, 2.45) is 4.99 Å². The number of hydrogen-bond acceptors (Lipinski definition) is 5. The zero-order chi connectivity index (χ0) is 15.9. The van der Waals surface area contributed by atoms with Crippen molar-refractivity contribution in [3.8, 4) is 0 Å². The van der Waals surface area contributed by atoms with E-state index in [1.54, 1.807) is 6.26 Å². The Morgan fingerprint density at radius 3 is 2.70 bits per heavy atom. The number of hydrogen-bond donors (Lipinski definition) is 1. The molecular formula is C15H29IN6O. The highest BCUT2D eigenvalue weighted by molar-refractivity contribution is 14.0. The van der Waals surface area contributed by atoms with Crippen molar-refractivity contribution < 1.29 is 4.52 Å². The average Bonchev–Trinajstić information content (AvgIpc) is 3.01. The van der Waals surface area contributed by atoms with E-state index in [9.17, 15) is 0 Å². The van der Waals surface area contributed by atoms with E-state index < -0.39 is 0 Å². The van der Waals surface area contributed by atoms with Gasteiger partial charge in [0.15, 0.2) is 5.96 Å². The Hall–Kier alpha value is -0.870. The predicted molar refractivity (Wildman–Crippen MR) is 103 cm³/mol. The predicted octanol–water partition coefficient (Wildman–Crippen LogP) is 0.936. The van der Waals surface area contributed by atoms with Crippen LogP contribution < -0.4 is 5.32 Å². The van der Waals surface area contributed by atoms with Crippen LogP contribution >= 0.6 is 24.0 Å². The Kier molecular flexibility index (Phi) is 8.85. The quantitative estimate of drug-likeness (QED) is 0.421. The van der Waals surface area contributed by atoms with Crippen LogP contribution in [0.5, 0.6) is 0 Å². The standard InChI is InChI=1S/C15H28N6O.HI/c1-13(21-8-6-19(3)7-9-21)11-17-15(16-2)20(4)12-14-5-10-22-18-14;/h5,10,13H,6-9,11-12H2,1-4H3,(H,16,17);1H. The molecule has 1 fully saturated rings. The molecule has 1 atom stereocenters. The lowest BCUT2D eigenvalue weighted by molar-refractivity contribution is 0.119. The monoisotopic (exact) mass is 436 g/mol. The van der Waals surface area contributed by atoms with E-state index in [1.165, 1.54) is 0 Å². The van der Waals surface area contributed by atoms with Gasteiger partial charge in [-0.05, 0) is 14.0 Å². The highest BCUT2D eigenvalue weighted by Gasteiger charge is 2.19. The summed E-state index contributed by atoms with van der Waals surface area (Å²) in [5.74, 6) is 0.879. The van der Waals surface area contributed by atoms with Crippen LogP contribution in [-0.2, 0) is 6.54 Å². The van der Waals surface area contributed by atoms with Gasteiger partial charge in [-0.2, -0.15) is 0 Å². The Morgan fingerprint density at radius 2 is 2.13 bits per heavy atom. The summed E-state index contributed by atoms with van der Waals surface area (Å²) in [5, 5.41) is 7.39. The molecule has 1 aromatic rings. The van der Waals surface area contributed by atoms with Gasteiger partial charge in [-0.3, -0.25) is 9.89 Å². The van der Waals surface area contributed by atoms with Crippen LogP contribution in [0.4, 0.5) is 0 Å². The molecule has 1 unspecified atom stereocenters. The molecular weight excluding hydrogens is 407 g/mol. The van der Waals surface area contributed by atoms with Gasteiger partial charge < -0.3 is 19.6 Å². The molecule has 0 aliphatic carbocycles. The van der Waals surface area contributed by atoms with Gasteiger partial charge in [-0.15, -0.1) is 24.0 Å². The molecule has 0 spiro atoms. The van der Waals surface area contributed by atoms with Gasteiger partial charge in [0.05, 0.1) is 6.54 Å². The van der Waals surface area contributed by atoms with Gasteiger partial charge in [-0.1, -0.05) is 5.16 Å². The lowest BCUT2D eigenvalue weighted by Gasteiger charge is -2.37. The highest BCUT2D eigenvalue weighted by Crippen LogP contribution is 2.05. The van der Waals surface area contributed by atoms with Crippen LogP contribution in [0.3, 0.4) is 0 Å². The maximum absolute atomic E-state index is 4.87. The molecule has 2 rings (SSSR count). The fourth-order valence-electron chi connectivity index (χ4n) is 2.65. The summed E-state index contributed by atoms with van der Waals surface area (Å²) in [6.45, 7) is 8.39. The lowest BCUT2D eigenvalue weighted by Crippen LogP contribution is -2.52. The largest absolute Gasteiger partial charge is 0.364 e. The minimum Gasteiger partial charge on any atom is -0.364 e. The van der Waals surface area contributed by atoms with Crippen LogP contribution in [0.15, 0.2) is 21.8 Å². The number of nitrogens with one attached hydrogen (secondary N) is 1. The number of aromatic nitrogens is 1. The van der Waals surface area contributed by atoms with E-state index in [2.05, 4.69) is 44.1 Å². The van der Waals surface area contributed by atoms with E-state index in [4.69, 9.17) is 4.52 Å². The molecule has 1 N–H and O–H groups in total. The molecule has 1 aliphatic heterocycles. The number of halogens is 1. The number of guanidine groups is 1. The first-order valence-corrected chi connectivity index (χ1v) is 7.83. The summed E-state index contributed by atoms with van der Waals surface area (Å²) >= 11 is 0. The number of rotatable bonds is 5. The fourth-order valence-corrected chi connectivity index (χ4v) is 2.65. The number of likely N-dealkylation sites (N-methyl/N-ethyl adjacent to an activating group) is 1. The third kappa shape index (κ3) is 6.27. The maximum atomic E-state index is 4.87. The SMILES string of the molecule is CN=C(NCC(C)N1CCN(C)CC1)N(C)Cc1ccon1.I. The first-order chi connectivity index (χ1) is 10.6. The molecule has 1 aliphatic rings. The van der Waals surface area contributed by atoms with Crippen molar-refractivity contribution in [3.05, 3.63) is 18.0 Å². The van der Waals surface area contributed by atoms with Gasteiger partial charge in [-0.25, -0.2) is 0 Å². The lowest BCUT2D eigenvalue weighted by atomic mass is 10.2. The molecule has 23 heavy (non-hydrogen) atoms. The van der Waals surface area contributed by atoms with Crippen LogP contribution in [0.2, 0.25) is 0 Å². The fraction of sp³-hybridized carbons (Fsp3) is 0.733.